The van der Waals surface area contributed by atoms with Gasteiger partial charge in [-0.25, -0.2) is 4.98 Å². The Hall–Kier alpha value is -4.18. The molecule has 0 unspecified atom stereocenters. The molecule has 4 aromatic heterocycles. The summed E-state index contributed by atoms with van der Waals surface area (Å²) in [5.74, 6) is 0. The predicted molar refractivity (Wildman–Crippen MR) is 144 cm³/mol. The summed E-state index contributed by atoms with van der Waals surface area (Å²) in [7, 11) is 0. The van der Waals surface area contributed by atoms with Crippen molar-refractivity contribution < 1.29 is 24.5 Å². The quantitative estimate of drug-likeness (QED) is 0.178. The molecule has 0 atom stereocenters. The molecule has 4 nitrogen and oxygen atoms in total. The molecule has 0 spiro atoms. The summed E-state index contributed by atoms with van der Waals surface area (Å²) in [5, 5.41) is 3.21. The summed E-state index contributed by atoms with van der Waals surface area (Å²) in [5.41, 5.74) is 7.25. The van der Waals surface area contributed by atoms with E-state index in [-0.39, 0.29) is 20.1 Å². The molecule has 37 heavy (non-hydrogen) atoms. The Morgan fingerprint density at radius 2 is 1.38 bits per heavy atom. The van der Waals surface area contributed by atoms with Crippen LogP contribution in [0.2, 0.25) is 0 Å². The fraction of sp³-hybridized carbons (Fsp3) is 0.0312. The van der Waals surface area contributed by atoms with Crippen LogP contribution in [0.15, 0.2) is 114 Å². The molecule has 1 radical (unpaired) electrons. The number of nitrogens with zero attached hydrogens (tertiary/aromatic N) is 3. The molecular formula is C32H21IrN3O-2. The minimum Gasteiger partial charge on any atom is -0.498 e. The number of aromatic nitrogens is 3. The van der Waals surface area contributed by atoms with E-state index in [0.29, 0.717) is 0 Å². The van der Waals surface area contributed by atoms with Crippen molar-refractivity contribution in [3.05, 3.63) is 127 Å². The van der Waals surface area contributed by atoms with E-state index in [1.54, 1.807) is 12.4 Å². The molecule has 0 amide bonds. The summed E-state index contributed by atoms with van der Waals surface area (Å²) in [4.78, 5) is 13.3. The van der Waals surface area contributed by atoms with E-state index in [2.05, 4.69) is 45.3 Å². The first-order valence-corrected chi connectivity index (χ1v) is 11.7. The molecule has 0 aliphatic heterocycles. The fourth-order valence-electron chi connectivity index (χ4n) is 4.26. The second-order valence-corrected chi connectivity index (χ2v) is 8.37. The third-order valence-corrected chi connectivity index (χ3v) is 5.97. The van der Waals surface area contributed by atoms with Crippen LogP contribution < -0.4 is 0 Å². The van der Waals surface area contributed by atoms with Gasteiger partial charge in [-0.2, -0.15) is 0 Å². The molecule has 7 aromatic rings. The molecule has 4 heterocycles. The van der Waals surface area contributed by atoms with Crippen LogP contribution in [-0.4, -0.2) is 15.0 Å². The monoisotopic (exact) mass is 656 g/mol. The summed E-state index contributed by atoms with van der Waals surface area (Å²) in [6.45, 7) is 1.99. The van der Waals surface area contributed by atoms with Crippen LogP contribution in [0.1, 0.15) is 5.69 Å². The summed E-state index contributed by atoms with van der Waals surface area (Å²) < 4.78 is 6.27. The number of pyridine rings is 3. The Labute approximate surface area is 228 Å². The van der Waals surface area contributed by atoms with Gasteiger partial charge in [0.05, 0.1) is 5.58 Å². The number of furan rings is 1. The zero-order chi connectivity index (χ0) is 24.3. The van der Waals surface area contributed by atoms with Gasteiger partial charge in [0.15, 0.2) is 0 Å². The Morgan fingerprint density at radius 3 is 2.11 bits per heavy atom. The van der Waals surface area contributed by atoms with Gasteiger partial charge in [0.2, 0.25) is 0 Å². The van der Waals surface area contributed by atoms with Crippen molar-refractivity contribution in [1.82, 2.24) is 15.0 Å². The van der Waals surface area contributed by atoms with E-state index in [1.165, 1.54) is 0 Å². The molecule has 5 heteroatoms. The van der Waals surface area contributed by atoms with Gasteiger partial charge in [-0.05, 0) is 36.5 Å². The standard InChI is InChI=1S/C21H13N2O.C11H8N.Ir/c1-13-8-9-14-10-11-16-15-5-4-6-17(18-7-2-3-12-22-18)20(15)24-21(16)19(14)23-13;1-2-6-10(7-3-1)11-8-4-5-9-12-11;/h2-5,7-12H,1H3;1-6,8-9H;/q2*-1;. The van der Waals surface area contributed by atoms with Crippen LogP contribution in [-0.2, 0) is 20.1 Å². The van der Waals surface area contributed by atoms with Crippen LogP contribution in [0.25, 0.3) is 55.4 Å². The number of hydrogen-bond acceptors (Lipinski definition) is 4. The van der Waals surface area contributed by atoms with Crippen molar-refractivity contribution >= 4 is 32.8 Å². The van der Waals surface area contributed by atoms with Crippen molar-refractivity contribution in [2.45, 2.75) is 6.92 Å². The first-order chi connectivity index (χ1) is 17.8. The van der Waals surface area contributed by atoms with Crippen molar-refractivity contribution in [3.8, 4) is 22.5 Å². The first-order valence-electron chi connectivity index (χ1n) is 11.7. The maximum absolute atomic E-state index is 6.27. The maximum atomic E-state index is 6.27. The largest absolute Gasteiger partial charge is 0.498 e. The molecule has 3 aromatic carbocycles. The van der Waals surface area contributed by atoms with E-state index in [1.807, 2.05) is 85.8 Å². The molecule has 0 fully saturated rings. The van der Waals surface area contributed by atoms with Gasteiger partial charge in [0.1, 0.15) is 11.1 Å². The van der Waals surface area contributed by atoms with Gasteiger partial charge >= 0.3 is 0 Å². The van der Waals surface area contributed by atoms with Gasteiger partial charge in [-0.3, -0.25) is 0 Å². The molecule has 0 saturated heterocycles. The van der Waals surface area contributed by atoms with Crippen molar-refractivity contribution in [3.63, 3.8) is 0 Å². The zero-order valence-electron chi connectivity index (χ0n) is 20.0. The van der Waals surface area contributed by atoms with Gasteiger partial charge in [0, 0.05) is 49.0 Å². The fourth-order valence-corrected chi connectivity index (χ4v) is 4.26. The normalized spacial score (nSPS) is 10.6. The molecular weight excluding hydrogens is 635 g/mol. The zero-order valence-corrected chi connectivity index (χ0v) is 22.4. The van der Waals surface area contributed by atoms with E-state index in [9.17, 15) is 0 Å². The number of aryl methyl sites for hydroxylation is 1. The minimum atomic E-state index is 0. The third kappa shape index (κ3) is 4.92. The Kier molecular flexibility index (Phi) is 7.18. The topological polar surface area (TPSA) is 51.8 Å². The van der Waals surface area contributed by atoms with E-state index in [4.69, 9.17) is 4.42 Å². The molecule has 0 saturated carbocycles. The Bertz CT molecular complexity index is 1750. The number of rotatable bonds is 2. The Balaban J connectivity index is 0.000000183. The van der Waals surface area contributed by atoms with E-state index in [0.717, 1.165) is 61.1 Å². The van der Waals surface area contributed by atoms with Crippen molar-refractivity contribution in [1.29, 1.82) is 0 Å². The second kappa shape index (κ2) is 10.8. The minimum absolute atomic E-state index is 0. The average Bonchev–Trinajstić information content (AvgIpc) is 3.34. The average molecular weight is 656 g/mol. The van der Waals surface area contributed by atoms with Crippen molar-refractivity contribution in [2.24, 2.45) is 0 Å². The SMILES string of the molecule is Cc1ccc2ccc3c4cc[c-]c(-c5ccccn5)c4oc3c2n1.[Ir].[c-]1ccccc1-c1ccccn1. The van der Waals surface area contributed by atoms with Crippen LogP contribution in [0.3, 0.4) is 0 Å². The predicted octanol–water partition coefficient (Wildman–Crippen LogP) is 7.85. The maximum Gasteiger partial charge on any atom is 0.147 e. The second-order valence-electron chi connectivity index (χ2n) is 8.37. The Morgan fingerprint density at radius 1 is 0.649 bits per heavy atom. The third-order valence-electron chi connectivity index (χ3n) is 5.97. The van der Waals surface area contributed by atoms with Gasteiger partial charge in [-0.1, -0.05) is 53.4 Å². The molecule has 0 aliphatic carbocycles. The van der Waals surface area contributed by atoms with Gasteiger partial charge in [-0.15, -0.1) is 54.1 Å². The molecule has 7 rings (SSSR count). The van der Waals surface area contributed by atoms with Crippen LogP contribution in [0.5, 0.6) is 0 Å². The summed E-state index contributed by atoms with van der Waals surface area (Å²) >= 11 is 0. The van der Waals surface area contributed by atoms with E-state index >= 15 is 0 Å². The molecule has 0 N–H and O–H groups in total. The molecule has 0 bridgehead atoms. The molecule has 181 valence electrons. The van der Waals surface area contributed by atoms with E-state index < -0.39 is 0 Å². The van der Waals surface area contributed by atoms with Gasteiger partial charge in [0.25, 0.3) is 0 Å². The number of hydrogen-bond donors (Lipinski definition) is 0. The number of benzene rings is 3. The van der Waals surface area contributed by atoms with Crippen LogP contribution in [0.4, 0.5) is 0 Å². The molecule has 0 aliphatic rings. The summed E-state index contributed by atoms with van der Waals surface area (Å²) in [6.07, 6.45) is 3.57. The number of fused-ring (bicyclic) bond motifs is 5. The van der Waals surface area contributed by atoms with Crippen LogP contribution in [0, 0.1) is 19.1 Å². The van der Waals surface area contributed by atoms with Crippen LogP contribution >= 0.6 is 0 Å². The summed E-state index contributed by atoms with van der Waals surface area (Å²) in [6, 6.07) is 38.2. The smallest absolute Gasteiger partial charge is 0.147 e. The first kappa shape index (κ1) is 24.5. The van der Waals surface area contributed by atoms with Gasteiger partial charge < -0.3 is 14.4 Å². The van der Waals surface area contributed by atoms with Crippen molar-refractivity contribution in [2.75, 3.05) is 0 Å².